The Morgan fingerprint density at radius 1 is 1.00 bits per heavy atom. The fraction of sp³-hybridized carbons (Fsp3) is 0.200. The molecular weight excluding hydrogens is 330 g/mol. The monoisotopic (exact) mass is 349 g/mol. The van der Waals surface area contributed by atoms with E-state index in [1.54, 1.807) is 6.07 Å². The highest BCUT2D eigenvalue weighted by Gasteiger charge is 2.29. The smallest absolute Gasteiger partial charge is 0.267 e. The number of rotatable bonds is 4. The molecule has 0 fully saturated rings. The molecule has 0 bridgehead atoms. The van der Waals surface area contributed by atoms with Crippen molar-refractivity contribution in [3.63, 3.8) is 0 Å². The van der Waals surface area contributed by atoms with Crippen LogP contribution < -0.4 is 5.56 Å². The van der Waals surface area contributed by atoms with Crippen LogP contribution in [-0.4, -0.2) is 40.5 Å². The average Bonchev–Trinajstić information content (AvgIpc) is 2.62. The Labute approximate surface area is 150 Å². The third-order valence-electron chi connectivity index (χ3n) is 4.17. The minimum absolute atomic E-state index is 0.436. The maximum absolute atomic E-state index is 12.4. The molecule has 0 spiro atoms. The van der Waals surface area contributed by atoms with Crippen molar-refractivity contribution >= 4 is 22.5 Å². The fourth-order valence-electron chi connectivity index (χ4n) is 2.81. The lowest BCUT2D eigenvalue weighted by Crippen LogP contribution is -2.41. The number of Topliss-reactive ketones (excluding diaryl/α,β-unsaturated/α-hetero) is 1. The second kappa shape index (κ2) is 6.92. The maximum atomic E-state index is 12.4. The number of amides is 1. The van der Waals surface area contributed by atoms with Crippen LogP contribution in [0.15, 0.2) is 59.4 Å². The van der Waals surface area contributed by atoms with Crippen LogP contribution in [0.3, 0.4) is 0 Å². The van der Waals surface area contributed by atoms with E-state index in [9.17, 15) is 14.4 Å². The number of hydrogen-bond donors (Lipinski definition) is 0. The van der Waals surface area contributed by atoms with Gasteiger partial charge in [0, 0.05) is 25.7 Å². The molecule has 0 saturated heterocycles. The molecule has 1 aromatic heterocycles. The Morgan fingerprint density at radius 2 is 1.69 bits per heavy atom. The summed E-state index contributed by atoms with van der Waals surface area (Å²) in [6, 6.07) is 15.4. The Bertz CT molecular complexity index is 1050. The standard InChI is InChI=1S/C20H19N3O3/c1-13(24)19(20(26)22(2)3)23-18(25)11-10-17(21-23)16-9-8-14-6-4-5-7-15(14)12-16/h4-12,19H,1-3H3/t19-/m1/s1. The van der Waals surface area contributed by atoms with Gasteiger partial charge >= 0.3 is 0 Å². The molecule has 1 amide bonds. The molecule has 1 heterocycles. The van der Waals surface area contributed by atoms with E-state index in [0.717, 1.165) is 21.0 Å². The average molecular weight is 349 g/mol. The zero-order valence-electron chi connectivity index (χ0n) is 14.8. The van der Waals surface area contributed by atoms with E-state index < -0.39 is 23.3 Å². The largest absolute Gasteiger partial charge is 0.347 e. The highest BCUT2D eigenvalue weighted by atomic mass is 16.2. The Kier molecular flexibility index (Phi) is 4.67. The van der Waals surface area contributed by atoms with Gasteiger partial charge in [-0.1, -0.05) is 36.4 Å². The molecule has 6 nitrogen and oxygen atoms in total. The Morgan fingerprint density at radius 3 is 2.35 bits per heavy atom. The molecule has 0 aliphatic carbocycles. The van der Waals surface area contributed by atoms with E-state index in [1.807, 2.05) is 42.5 Å². The summed E-state index contributed by atoms with van der Waals surface area (Å²) in [5.74, 6) is -0.920. The third-order valence-corrected chi connectivity index (χ3v) is 4.17. The molecule has 3 aromatic rings. The molecule has 0 saturated carbocycles. The topological polar surface area (TPSA) is 72.3 Å². The van der Waals surface area contributed by atoms with Gasteiger partial charge in [-0.15, -0.1) is 0 Å². The normalized spacial score (nSPS) is 12.0. The lowest BCUT2D eigenvalue weighted by atomic mass is 10.0. The number of hydrogen-bond acceptors (Lipinski definition) is 4. The van der Waals surface area contributed by atoms with Gasteiger partial charge < -0.3 is 4.90 Å². The molecular formula is C20H19N3O3. The van der Waals surface area contributed by atoms with Crippen molar-refractivity contribution in [1.82, 2.24) is 14.7 Å². The number of likely N-dealkylation sites (N-methyl/N-ethyl adjacent to an activating group) is 1. The van der Waals surface area contributed by atoms with Crippen LogP contribution in [0.4, 0.5) is 0 Å². The van der Waals surface area contributed by atoms with E-state index in [4.69, 9.17) is 0 Å². The number of nitrogens with zero attached hydrogens (tertiary/aromatic N) is 3. The van der Waals surface area contributed by atoms with Crippen molar-refractivity contribution in [3.05, 3.63) is 65.0 Å². The van der Waals surface area contributed by atoms with Crippen LogP contribution in [0.25, 0.3) is 22.0 Å². The maximum Gasteiger partial charge on any atom is 0.267 e. The number of fused-ring (bicyclic) bond motifs is 1. The third kappa shape index (κ3) is 3.26. The van der Waals surface area contributed by atoms with E-state index in [0.29, 0.717) is 5.69 Å². The van der Waals surface area contributed by atoms with Crippen molar-refractivity contribution in [3.8, 4) is 11.3 Å². The van der Waals surface area contributed by atoms with Gasteiger partial charge in [-0.25, -0.2) is 4.68 Å². The first-order valence-corrected chi connectivity index (χ1v) is 8.19. The summed E-state index contributed by atoms with van der Waals surface area (Å²) in [5.41, 5.74) is 0.829. The lowest BCUT2D eigenvalue weighted by Gasteiger charge is -2.19. The molecule has 132 valence electrons. The van der Waals surface area contributed by atoms with Crippen LogP contribution in [0.1, 0.15) is 13.0 Å². The van der Waals surface area contributed by atoms with Crippen molar-refractivity contribution < 1.29 is 9.59 Å². The zero-order valence-corrected chi connectivity index (χ0v) is 14.8. The number of ketones is 1. The summed E-state index contributed by atoms with van der Waals surface area (Å²) in [6.45, 7) is 1.28. The van der Waals surface area contributed by atoms with Gasteiger partial charge in [0.15, 0.2) is 11.8 Å². The van der Waals surface area contributed by atoms with Crippen LogP contribution >= 0.6 is 0 Å². The molecule has 26 heavy (non-hydrogen) atoms. The first-order valence-electron chi connectivity index (χ1n) is 8.19. The van der Waals surface area contributed by atoms with Gasteiger partial charge in [0.2, 0.25) is 0 Å². The number of aromatic nitrogens is 2. The lowest BCUT2D eigenvalue weighted by molar-refractivity contribution is -0.138. The first kappa shape index (κ1) is 17.5. The predicted molar refractivity (Wildman–Crippen MR) is 99.9 cm³/mol. The summed E-state index contributed by atoms with van der Waals surface area (Å²) in [6.07, 6.45) is 0. The molecule has 1 atom stereocenters. The molecule has 0 radical (unpaired) electrons. The van der Waals surface area contributed by atoms with Gasteiger partial charge in [0.1, 0.15) is 0 Å². The quantitative estimate of drug-likeness (QED) is 0.678. The van der Waals surface area contributed by atoms with E-state index >= 15 is 0 Å². The van der Waals surface area contributed by atoms with Crippen molar-refractivity contribution in [2.75, 3.05) is 14.1 Å². The minimum atomic E-state index is -1.27. The summed E-state index contributed by atoms with van der Waals surface area (Å²) >= 11 is 0. The van der Waals surface area contributed by atoms with Crippen LogP contribution in [0.2, 0.25) is 0 Å². The predicted octanol–water partition coefficient (Wildman–Crippen LogP) is 2.28. The number of carbonyl (C=O) groups excluding carboxylic acids is 2. The molecule has 3 rings (SSSR count). The number of carbonyl (C=O) groups is 2. The molecule has 0 aliphatic heterocycles. The summed E-state index contributed by atoms with van der Waals surface area (Å²) in [4.78, 5) is 37.9. The van der Waals surface area contributed by atoms with E-state index in [1.165, 1.54) is 32.0 Å². The van der Waals surface area contributed by atoms with Crippen molar-refractivity contribution in [1.29, 1.82) is 0 Å². The van der Waals surface area contributed by atoms with Gasteiger partial charge in [0.25, 0.3) is 11.5 Å². The molecule has 6 heteroatoms. The van der Waals surface area contributed by atoms with Gasteiger partial charge in [-0.2, -0.15) is 5.10 Å². The molecule has 0 unspecified atom stereocenters. The fourth-order valence-corrected chi connectivity index (χ4v) is 2.81. The van der Waals surface area contributed by atoms with Crippen LogP contribution in [0, 0.1) is 0 Å². The molecule has 0 N–H and O–H groups in total. The number of benzene rings is 2. The highest BCUT2D eigenvalue weighted by molar-refractivity contribution is 6.02. The SMILES string of the molecule is CC(=O)[C@H](C(=O)N(C)C)n1nc(-c2ccc3ccccc3c2)ccc1=O. The minimum Gasteiger partial charge on any atom is -0.347 e. The van der Waals surface area contributed by atoms with Crippen molar-refractivity contribution in [2.45, 2.75) is 13.0 Å². The summed E-state index contributed by atoms with van der Waals surface area (Å²) < 4.78 is 0.967. The summed E-state index contributed by atoms with van der Waals surface area (Å²) in [5, 5.41) is 6.44. The molecule has 2 aromatic carbocycles. The van der Waals surface area contributed by atoms with Crippen molar-refractivity contribution in [2.24, 2.45) is 0 Å². The van der Waals surface area contributed by atoms with Crippen LogP contribution in [0.5, 0.6) is 0 Å². The van der Waals surface area contributed by atoms with Crippen LogP contribution in [-0.2, 0) is 9.59 Å². The second-order valence-corrected chi connectivity index (χ2v) is 6.31. The van der Waals surface area contributed by atoms with E-state index in [-0.39, 0.29) is 0 Å². The van der Waals surface area contributed by atoms with Gasteiger partial charge in [-0.05, 0) is 29.8 Å². The Hall–Kier alpha value is -3.28. The zero-order chi connectivity index (χ0) is 18.8. The van der Waals surface area contributed by atoms with Gasteiger partial charge in [0.05, 0.1) is 5.69 Å². The highest BCUT2D eigenvalue weighted by Crippen LogP contribution is 2.22. The Balaban J connectivity index is 2.13. The second-order valence-electron chi connectivity index (χ2n) is 6.31. The van der Waals surface area contributed by atoms with E-state index in [2.05, 4.69) is 5.10 Å². The molecule has 0 aliphatic rings. The van der Waals surface area contributed by atoms with Gasteiger partial charge in [-0.3, -0.25) is 14.4 Å². The first-order chi connectivity index (χ1) is 12.4. The summed E-state index contributed by atoms with van der Waals surface area (Å²) in [7, 11) is 3.08.